The Kier molecular flexibility index (Phi) is 8.23. The molecule has 0 N–H and O–H groups in total. The van der Waals surface area contributed by atoms with Gasteiger partial charge in [-0.25, -0.2) is 0 Å². The van der Waals surface area contributed by atoms with Crippen LogP contribution in [0.1, 0.15) is 22.3 Å². The molecule has 0 aromatic heterocycles. The molecule has 0 heterocycles. The van der Waals surface area contributed by atoms with Gasteiger partial charge in [0.25, 0.3) is 0 Å². The molecule has 18 aromatic rings. The highest BCUT2D eigenvalue weighted by molar-refractivity contribution is 6.48. The van der Waals surface area contributed by atoms with Crippen LogP contribution >= 0.6 is 0 Å². The second kappa shape index (κ2) is 15.1. The van der Waals surface area contributed by atoms with Crippen molar-refractivity contribution in [2.45, 2.75) is 27.7 Å². The zero-order valence-corrected chi connectivity index (χ0v) is 43.8. The molecule has 0 aliphatic rings. The third-order valence-corrected chi connectivity index (χ3v) is 18.8. The molecule has 78 heavy (non-hydrogen) atoms. The first-order chi connectivity index (χ1) is 38.4. The Hall–Kier alpha value is -9.62. The highest BCUT2D eigenvalue weighted by Gasteiger charge is 2.29. The molecule has 0 aliphatic heterocycles. The molecule has 360 valence electrons. The lowest BCUT2D eigenvalue weighted by Crippen LogP contribution is -1.92. The Balaban J connectivity index is 1.00. The van der Waals surface area contributed by atoms with Gasteiger partial charge in [-0.1, -0.05) is 206 Å². The Morgan fingerprint density at radius 3 is 0.795 bits per heavy atom. The molecule has 0 heteroatoms. The number of hydrogen-bond acceptors (Lipinski definition) is 0. The number of hydrogen-bond donors (Lipinski definition) is 0. The molecule has 0 spiro atoms. The van der Waals surface area contributed by atoms with Crippen LogP contribution in [-0.2, 0) is 0 Å². The van der Waals surface area contributed by atoms with Crippen molar-refractivity contribution in [2.75, 3.05) is 0 Å². The van der Waals surface area contributed by atoms with Crippen molar-refractivity contribution in [1.29, 1.82) is 0 Å². The van der Waals surface area contributed by atoms with Crippen LogP contribution in [0.3, 0.4) is 0 Å². The maximum absolute atomic E-state index is 2.60. The zero-order valence-electron chi connectivity index (χ0n) is 43.8. The van der Waals surface area contributed by atoms with E-state index >= 15 is 0 Å². The number of rotatable bonds is 4. The molecular formula is C78H48. The van der Waals surface area contributed by atoms with Gasteiger partial charge in [0.2, 0.25) is 0 Å². The smallest absolute Gasteiger partial charge is 0.000730 e. The SMILES string of the molecule is Cc1ccccc1-c1ccc2c3ccc4c5cc6c(-c7ccccc7C)c7c8ccc9c%10ccc(-c%11ccccc%11C)c%11cccc(c%12ccc(c7c(-c7ccccc7C)c6cc5c5ccc(c6cccc1c62)c3c54)c8c%129)c%11%10. The second-order valence-corrected chi connectivity index (χ2v) is 22.6. The summed E-state index contributed by atoms with van der Waals surface area (Å²) >= 11 is 0. The summed E-state index contributed by atoms with van der Waals surface area (Å²) in [6, 6.07) is 84.2. The summed E-state index contributed by atoms with van der Waals surface area (Å²) < 4.78 is 0. The maximum atomic E-state index is 2.60. The van der Waals surface area contributed by atoms with E-state index in [1.54, 1.807) is 0 Å². The molecule has 18 rings (SSSR count). The minimum Gasteiger partial charge on any atom is -0.0620 e. The van der Waals surface area contributed by atoms with Gasteiger partial charge in [-0.2, -0.15) is 0 Å². The Labute approximate surface area is 450 Å². The van der Waals surface area contributed by atoms with Crippen LogP contribution in [0.4, 0.5) is 0 Å². The molecule has 0 saturated carbocycles. The van der Waals surface area contributed by atoms with E-state index in [1.807, 2.05) is 0 Å². The third-order valence-electron chi connectivity index (χ3n) is 18.8. The summed E-state index contributed by atoms with van der Waals surface area (Å²) in [5.41, 5.74) is 15.5. The summed E-state index contributed by atoms with van der Waals surface area (Å²) in [6.07, 6.45) is 0. The van der Waals surface area contributed by atoms with Gasteiger partial charge < -0.3 is 0 Å². The van der Waals surface area contributed by atoms with Crippen molar-refractivity contribution in [1.82, 2.24) is 0 Å². The summed E-state index contributed by atoms with van der Waals surface area (Å²) in [5, 5.41) is 34.5. The van der Waals surface area contributed by atoms with Crippen LogP contribution in [0, 0.1) is 27.7 Å². The lowest BCUT2D eigenvalue weighted by Gasteiger charge is -2.19. The van der Waals surface area contributed by atoms with Crippen molar-refractivity contribution in [3.63, 3.8) is 0 Å². The predicted octanol–water partition coefficient (Wildman–Crippen LogP) is 22.3. The summed E-state index contributed by atoms with van der Waals surface area (Å²) in [6.45, 7) is 9.07. The molecule has 0 unspecified atom stereocenters. The van der Waals surface area contributed by atoms with Crippen LogP contribution in [0.25, 0.3) is 185 Å². The summed E-state index contributed by atoms with van der Waals surface area (Å²) in [4.78, 5) is 0. The number of benzene rings is 16. The van der Waals surface area contributed by atoms with E-state index in [9.17, 15) is 0 Å². The Morgan fingerprint density at radius 1 is 0.154 bits per heavy atom. The van der Waals surface area contributed by atoms with E-state index in [0.717, 1.165) is 0 Å². The van der Waals surface area contributed by atoms with Gasteiger partial charge in [0, 0.05) is 0 Å². The lowest BCUT2D eigenvalue weighted by atomic mass is 9.84. The quantitative estimate of drug-likeness (QED) is 0.122. The number of aryl methyl sites for hydroxylation is 4. The van der Waals surface area contributed by atoms with Crippen LogP contribution in [-0.4, -0.2) is 0 Å². The van der Waals surface area contributed by atoms with Crippen LogP contribution in [0.15, 0.2) is 218 Å². The monoisotopic (exact) mass is 984 g/mol. The molecule has 0 amide bonds. The van der Waals surface area contributed by atoms with Gasteiger partial charge >= 0.3 is 0 Å². The standard InChI is InChI=1S/C78H48/c1-41-15-5-9-19-45(41)49-27-29-55-59-32-34-62-66-40-68-67(39-65(66)61-33-31-57(73(59)75(61)62)53-25-13-23-51(49)69(53)55)71(47-21-11-7-17-43(47)3)77-63-37-35-58-54-26-14-24-52-50(46-20-10-6-16-42(46)2)28-30-56(70(52)54)60-36-38-64(76(63)74(58)60)78(77)72(68)48-22-12-8-18-44(48)4/h5-40H,1-4H3. The van der Waals surface area contributed by atoms with Gasteiger partial charge in [0.15, 0.2) is 0 Å². The molecule has 0 radical (unpaired) electrons. The molecular weight excluding hydrogens is 937 g/mol. The van der Waals surface area contributed by atoms with Gasteiger partial charge in [-0.15, -0.1) is 0 Å². The normalized spacial score (nSPS) is 12.6. The summed E-state index contributed by atoms with van der Waals surface area (Å²) in [7, 11) is 0. The van der Waals surface area contributed by atoms with E-state index in [1.165, 1.54) is 207 Å². The lowest BCUT2D eigenvalue weighted by molar-refractivity contribution is 1.47. The van der Waals surface area contributed by atoms with Crippen LogP contribution in [0.5, 0.6) is 0 Å². The minimum absolute atomic E-state index is 1.28. The van der Waals surface area contributed by atoms with E-state index < -0.39 is 0 Å². The zero-order chi connectivity index (χ0) is 51.4. The molecule has 0 fully saturated rings. The van der Waals surface area contributed by atoms with Gasteiger partial charge in [-0.05, 0) is 247 Å². The topological polar surface area (TPSA) is 0 Å². The second-order valence-electron chi connectivity index (χ2n) is 22.6. The Morgan fingerprint density at radius 2 is 0.423 bits per heavy atom. The molecule has 0 saturated heterocycles. The van der Waals surface area contributed by atoms with Crippen molar-refractivity contribution in [3.05, 3.63) is 241 Å². The van der Waals surface area contributed by atoms with Crippen molar-refractivity contribution >= 4 is 140 Å². The van der Waals surface area contributed by atoms with E-state index in [2.05, 4.69) is 246 Å². The number of fused-ring (bicyclic) bond motifs is 11. The van der Waals surface area contributed by atoms with Crippen molar-refractivity contribution in [2.24, 2.45) is 0 Å². The highest BCUT2D eigenvalue weighted by atomic mass is 14.3. The van der Waals surface area contributed by atoms with E-state index in [4.69, 9.17) is 0 Å². The first-order valence-corrected chi connectivity index (χ1v) is 27.7. The average molecular weight is 985 g/mol. The molecule has 0 atom stereocenters. The van der Waals surface area contributed by atoms with Gasteiger partial charge in [-0.3, -0.25) is 0 Å². The van der Waals surface area contributed by atoms with E-state index in [-0.39, 0.29) is 0 Å². The van der Waals surface area contributed by atoms with Crippen LogP contribution < -0.4 is 0 Å². The summed E-state index contributed by atoms with van der Waals surface area (Å²) in [5.74, 6) is 0. The molecule has 18 aromatic carbocycles. The fourth-order valence-electron chi connectivity index (χ4n) is 15.5. The predicted molar refractivity (Wildman–Crippen MR) is 339 cm³/mol. The molecule has 0 aliphatic carbocycles. The molecule has 0 nitrogen and oxygen atoms in total. The van der Waals surface area contributed by atoms with Crippen molar-refractivity contribution < 1.29 is 0 Å². The Bertz CT molecular complexity index is 5430. The first-order valence-electron chi connectivity index (χ1n) is 27.7. The van der Waals surface area contributed by atoms with Crippen molar-refractivity contribution in [3.8, 4) is 44.5 Å². The largest absolute Gasteiger partial charge is 0.0620 e. The minimum atomic E-state index is 1.28. The average Bonchev–Trinajstić information content (AvgIpc) is 4.19. The maximum Gasteiger partial charge on any atom is -0.000730 e. The highest BCUT2D eigenvalue weighted by Crippen LogP contribution is 2.57. The van der Waals surface area contributed by atoms with Gasteiger partial charge in [0.05, 0.1) is 0 Å². The molecule has 0 bridgehead atoms. The third kappa shape index (κ3) is 5.25. The fourth-order valence-corrected chi connectivity index (χ4v) is 15.5. The fraction of sp³-hybridized carbons (Fsp3) is 0.0513. The van der Waals surface area contributed by atoms with E-state index in [0.29, 0.717) is 0 Å². The van der Waals surface area contributed by atoms with Gasteiger partial charge in [0.1, 0.15) is 0 Å². The van der Waals surface area contributed by atoms with Crippen LogP contribution in [0.2, 0.25) is 0 Å². The first kappa shape index (κ1) is 42.6.